The zero-order valence-electron chi connectivity index (χ0n) is 16.3. The van der Waals surface area contributed by atoms with Crippen molar-refractivity contribution in [3.8, 4) is 16.3 Å². The van der Waals surface area contributed by atoms with E-state index < -0.39 is 15.9 Å². The van der Waals surface area contributed by atoms with E-state index in [9.17, 15) is 13.2 Å². The van der Waals surface area contributed by atoms with Crippen LogP contribution in [0.5, 0.6) is 5.75 Å². The Morgan fingerprint density at radius 3 is 2.67 bits per heavy atom. The molecule has 2 aromatic carbocycles. The van der Waals surface area contributed by atoms with Crippen molar-refractivity contribution < 1.29 is 17.9 Å². The standard InChI is InChI=1S/C21H19BrN2O4S2/c1-12(2)13-3-5-14(6-4-13)21-23-17(11-29-21)20(25)24-30(26,27)18-10-16(22)9-15-7-8-28-19(15)18/h3-6,9-12H,7-8H2,1-2H3,(H,24,25). The van der Waals surface area contributed by atoms with Crippen molar-refractivity contribution in [2.75, 3.05) is 6.61 Å². The van der Waals surface area contributed by atoms with Crippen LogP contribution in [0.1, 0.15) is 41.4 Å². The number of halogens is 1. The summed E-state index contributed by atoms with van der Waals surface area (Å²) in [5.41, 5.74) is 2.93. The number of hydrogen-bond acceptors (Lipinski definition) is 6. The van der Waals surface area contributed by atoms with Gasteiger partial charge in [-0.3, -0.25) is 4.79 Å². The Balaban J connectivity index is 1.56. The average Bonchev–Trinajstić information content (AvgIpc) is 3.36. The number of aromatic nitrogens is 1. The number of sulfonamides is 1. The van der Waals surface area contributed by atoms with E-state index in [4.69, 9.17) is 4.74 Å². The van der Waals surface area contributed by atoms with Gasteiger partial charge in [0.1, 0.15) is 21.3 Å². The van der Waals surface area contributed by atoms with Crippen LogP contribution in [0.3, 0.4) is 0 Å². The molecule has 1 amide bonds. The summed E-state index contributed by atoms with van der Waals surface area (Å²) in [5, 5.41) is 2.21. The molecular formula is C21H19BrN2O4S2. The minimum atomic E-state index is -4.12. The third kappa shape index (κ3) is 4.14. The summed E-state index contributed by atoms with van der Waals surface area (Å²) in [7, 11) is -4.12. The van der Waals surface area contributed by atoms with Crippen molar-refractivity contribution in [3.05, 3.63) is 63.1 Å². The van der Waals surface area contributed by atoms with Crippen LogP contribution in [-0.4, -0.2) is 25.9 Å². The molecule has 0 saturated heterocycles. The zero-order valence-corrected chi connectivity index (χ0v) is 19.5. The number of amides is 1. The Hall–Kier alpha value is -2.23. The Labute approximate surface area is 187 Å². The van der Waals surface area contributed by atoms with E-state index in [-0.39, 0.29) is 10.6 Å². The summed E-state index contributed by atoms with van der Waals surface area (Å²) in [5.74, 6) is -0.0592. The van der Waals surface area contributed by atoms with E-state index in [0.29, 0.717) is 34.2 Å². The van der Waals surface area contributed by atoms with Gasteiger partial charge in [0.15, 0.2) is 0 Å². The summed E-state index contributed by atoms with van der Waals surface area (Å²) in [4.78, 5) is 16.9. The molecule has 3 aromatic rings. The van der Waals surface area contributed by atoms with Crippen molar-refractivity contribution in [2.24, 2.45) is 0 Å². The summed E-state index contributed by atoms with van der Waals surface area (Å²) < 4.78 is 33.9. The summed E-state index contributed by atoms with van der Waals surface area (Å²) in [6.07, 6.45) is 0.621. The molecule has 0 radical (unpaired) electrons. The summed E-state index contributed by atoms with van der Waals surface area (Å²) in [6, 6.07) is 11.2. The second-order valence-corrected chi connectivity index (χ2v) is 10.7. The molecule has 0 unspecified atom stereocenters. The highest BCUT2D eigenvalue weighted by atomic mass is 79.9. The van der Waals surface area contributed by atoms with Crippen LogP contribution in [-0.2, 0) is 16.4 Å². The molecule has 4 rings (SSSR count). The van der Waals surface area contributed by atoms with Crippen LogP contribution in [0.15, 0.2) is 51.1 Å². The van der Waals surface area contributed by atoms with Gasteiger partial charge in [-0.1, -0.05) is 54.0 Å². The van der Waals surface area contributed by atoms with Gasteiger partial charge >= 0.3 is 0 Å². The molecule has 156 valence electrons. The fraction of sp³-hybridized carbons (Fsp3) is 0.238. The van der Waals surface area contributed by atoms with Crippen molar-refractivity contribution in [1.82, 2.24) is 9.71 Å². The number of nitrogens with zero attached hydrogens (tertiary/aromatic N) is 1. The molecule has 9 heteroatoms. The lowest BCUT2D eigenvalue weighted by atomic mass is 10.0. The van der Waals surface area contributed by atoms with Crippen LogP contribution < -0.4 is 9.46 Å². The van der Waals surface area contributed by atoms with Gasteiger partial charge in [0.25, 0.3) is 15.9 Å². The first-order valence-corrected chi connectivity index (χ1v) is 12.5. The fourth-order valence-corrected chi connectivity index (χ4v) is 5.82. The molecule has 0 atom stereocenters. The van der Waals surface area contributed by atoms with Crippen LogP contribution in [0.4, 0.5) is 0 Å². The van der Waals surface area contributed by atoms with E-state index in [1.807, 2.05) is 30.3 Å². The van der Waals surface area contributed by atoms with Crippen LogP contribution >= 0.6 is 27.3 Å². The molecule has 1 aliphatic rings. The van der Waals surface area contributed by atoms with Crippen LogP contribution in [0.2, 0.25) is 0 Å². The lowest BCUT2D eigenvalue weighted by Gasteiger charge is -2.10. The maximum absolute atomic E-state index is 12.8. The number of thiazole rings is 1. The molecule has 0 fully saturated rings. The smallest absolute Gasteiger partial charge is 0.284 e. The number of rotatable bonds is 5. The molecule has 2 heterocycles. The van der Waals surface area contributed by atoms with Crippen molar-refractivity contribution >= 4 is 43.2 Å². The molecule has 0 bridgehead atoms. The number of ether oxygens (including phenoxy) is 1. The highest BCUT2D eigenvalue weighted by molar-refractivity contribution is 9.10. The number of benzene rings is 2. The summed E-state index contributed by atoms with van der Waals surface area (Å²) >= 11 is 4.61. The van der Waals surface area contributed by atoms with Gasteiger partial charge in [-0.25, -0.2) is 18.1 Å². The lowest BCUT2D eigenvalue weighted by molar-refractivity contribution is 0.0977. The first-order valence-electron chi connectivity index (χ1n) is 9.33. The van der Waals surface area contributed by atoms with Crippen molar-refractivity contribution in [1.29, 1.82) is 0 Å². The second-order valence-electron chi connectivity index (χ2n) is 7.24. The lowest BCUT2D eigenvalue weighted by Crippen LogP contribution is -2.31. The van der Waals surface area contributed by atoms with E-state index in [1.54, 1.807) is 5.38 Å². The van der Waals surface area contributed by atoms with E-state index >= 15 is 0 Å². The predicted molar refractivity (Wildman–Crippen MR) is 120 cm³/mol. The highest BCUT2D eigenvalue weighted by Crippen LogP contribution is 2.36. The van der Waals surface area contributed by atoms with Gasteiger partial charge in [0.2, 0.25) is 0 Å². The molecular weight excluding hydrogens is 488 g/mol. The topological polar surface area (TPSA) is 85.4 Å². The molecule has 1 N–H and O–H groups in total. The quantitative estimate of drug-likeness (QED) is 0.539. The normalized spacial score (nSPS) is 13.2. The van der Waals surface area contributed by atoms with Gasteiger partial charge < -0.3 is 4.74 Å². The maximum Gasteiger partial charge on any atom is 0.284 e. The monoisotopic (exact) mass is 506 g/mol. The fourth-order valence-electron chi connectivity index (χ4n) is 3.19. The maximum atomic E-state index is 12.8. The first kappa shape index (κ1) is 21.0. The molecule has 1 aromatic heterocycles. The second kappa shape index (κ2) is 8.13. The number of fused-ring (bicyclic) bond motifs is 1. The van der Waals surface area contributed by atoms with Crippen molar-refractivity contribution in [3.63, 3.8) is 0 Å². The Bertz CT molecular complexity index is 1220. The van der Waals surface area contributed by atoms with Gasteiger partial charge in [-0.2, -0.15) is 0 Å². The molecule has 30 heavy (non-hydrogen) atoms. The van der Waals surface area contributed by atoms with E-state index in [1.165, 1.54) is 23.0 Å². The number of carbonyl (C=O) groups excluding carboxylic acids is 1. The number of nitrogens with one attached hydrogen (secondary N) is 1. The third-order valence-corrected chi connectivity index (χ3v) is 7.48. The molecule has 1 aliphatic heterocycles. The number of carbonyl (C=O) groups is 1. The number of hydrogen-bond donors (Lipinski definition) is 1. The Kier molecular flexibility index (Phi) is 5.69. The van der Waals surface area contributed by atoms with Crippen LogP contribution in [0, 0.1) is 0 Å². The first-order chi connectivity index (χ1) is 14.2. The highest BCUT2D eigenvalue weighted by Gasteiger charge is 2.28. The predicted octanol–water partition coefficient (Wildman–Crippen LogP) is 4.75. The SMILES string of the molecule is CC(C)c1ccc(-c2nc(C(=O)NS(=O)(=O)c3cc(Br)cc4c3OCC4)cs2)cc1. The van der Waals surface area contributed by atoms with Crippen LogP contribution in [0.25, 0.3) is 10.6 Å². The molecule has 0 aliphatic carbocycles. The average molecular weight is 507 g/mol. The van der Waals surface area contributed by atoms with Gasteiger partial charge in [-0.05, 0) is 23.6 Å². The van der Waals surface area contributed by atoms with Gasteiger partial charge in [0.05, 0.1) is 6.61 Å². The minimum Gasteiger partial charge on any atom is -0.492 e. The molecule has 0 spiro atoms. The van der Waals surface area contributed by atoms with Gasteiger partial charge in [0, 0.05) is 27.4 Å². The van der Waals surface area contributed by atoms with E-state index in [0.717, 1.165) is 11.1 Å². The zero-order chi connectivity index (χ0) is 21.5. The molecule has 6 nitrogen and oxygen atoms in total. The summed E-state index contributed by atoms with van der Waals surface area (Å²) in [6.45, 7) is 4.65. The van der Waals surface area contributed by atoms with Crippen molar-refractivity contribution in [2.45, 2.75) is 31.1 Å². The minimum absolute atomic E-state index is 0.0547. The molecule has 0 saturated carbocycles. The third-order valence-electron chi connectivity index (χ3n) is 4.79. The Morgan fingerprint density at radius 1 is 1.23 bits per heavy atom. The Morgan fingerprint density at radius 2 is 1.97 bits per heavy atom. The van der Waals surface area contributed by atoms with E-state index in [2.05, 4.69) is 39.5 Å². The largest absolute Gasteiger partial charge is 0.492 e. The van der Waals surface area contributed by atoms with Gasteiger partial charge in [-0.15, -0.1) is 11.3 Å².